The zero-order valence-corrected chi connectivity index (χ0v) is 12.6. The minimum absolute atomic E-state index is 0.00898. The first kappa shape index (κ1) is 15.1. The van der Waals surface area contributed by atoms with E-state index in [9.17, 15) is 4.79 Å². The molecule has 1 aromatic heterocycles. The van der Waals surface area contributed by atoms with Gasteiger partial charge >= 0.3 is 5.97 Å². The van der Waals surface area contributed by atoms with Gasteiger partial charge in [0.2, 0.25) is 5.95 Å². The topological polar surface area (TPSA) is 80.5 Å². The SMILES string of the molecule is CCN(CCOC)c1nnc(SCC(=O)O)n1C1CC1. The smallest absolute Gasteiger partial charge is 0.313 e. The number of aliphatic carboxylic acids is 1. The van der Waals surface area contributed by atoms with Gasteiger partial charge in [-0.05, 0) is 19.8 Å². The molecule has 0 amide bonds. The van der Waals surface area contributed by atoms with E-state index in [1.807, 2.05) is 0 Å². The number of anilines is 1. The molecule has 8 heteroatoms. The second-order valence-corrected chi connectivity index (χ2v) is 5.58. The lowest BCUT2D eigenvalue weighted by Crippen LogP contribution is -2.29. The van der Waals surface area contributed by atoms with Crippen molar-refractivity contribution in [2.75, 3.05) is 37.5 Å². The van der Waals surface area contributed by atoms with E-state index < -0.39 is 5.97 Å². The van der Waals surface area contributed by atoms with Gasteiger partial charge in [0.15, 0.2) is 5.16 Å². The summed E-state index contributed by atoms with van der Waals surface area (Å²) < 4.78 is 7.19. The van der Waals surface area contributed by atoms with Gasteiger partial charge in [-0.25, -0.2) is 0 Å². The fourth-order valence-electron chi connectivity index (χ4n) is 1.96. The molecule has 1 fully saturated rings. The fourth-order valence-corrected chi connectivity index (χ4v) is 2.68. The summed E-state index contributed by atoms with van der Waals surface area (Å²) in [6.07, 6.45) is 2.21. The molecule has 0 aliphatic heterocycles. The van der Waals surface area contributed by atoms with Crippen molar-refractivity contribution >= 4 is 23.7 Å². The lowest BCUT2D eigenvalue weighted by Gasteiger charge is -2.22. The Morgan fingerprint density at radius 2 is 2.30 bits per heavy atom. The van der Waals surface area contributed by atoms with Crippen LogP contribution in [0, 0.1) is 0 Å². The van der Waals surface area contributed by atoms with Crippen LogP contribution in [0.4, 0.5) is 5.95 Å². The minimum Gasteiger partial charge on any atom is -0.481 e. The maximum atomic E-state index is 10.7. The van der Waals surface area contributed by atoms with Crippen LogP contribution in [0.1, 0.15) is 25.8 Å². The summed E-state index contributed by atoms with van der Waals surface area (Å²) in [4.78, 5) is 12.8. The van der Waals surface area contributed by atoms with Gasteiger partial charge in [0.05, 0.1) is 12.4 Å². The molecule has 0 unspecified atom stereocenters. The summed E-state index contributed by atoms with van der Waals surface area (Å²) in [5, 5.41) is 17.9. The molecule has 1 saturated carbocycles. The Balaban J connectivity index is 2.17. The van der Waals surface area contributed by atoms with Crippen molar-refractivity contribution in [2.24, 2.45) is 0 Å². The molecule has 112 valence electrons. The van der Waals surface area contributed by atoms with E-state index in [4.69, 9.17) is 9.84 Å². The second-order valence-electron chi connectivity index (χ2n) is 4.64. The number of carbonyl (C=O) groups is 1. The van der Waals surface area contributed by atoms with E-state index in [-0.39, 0.29) is 5.75 Å². The van der Waals surface area contributed by atoms with Crippen molar-refractivity contribution in [3.63, 3.8) is 0 Å². The highest BCUT2D eigenvalue weighted by atomic mass is 32.2. The predicted molar refractivity (Wildman–Crippen MR) is 76.4 cm³/mol. The average Bonchev–Trinajstić information content (AvgIpc) is 3.18. The predicted octanol–water partition coefficient (Wildman–Crippen LogP) is 1.26. The largest absolute Gasteiger partial charge is 0.481 e. The molecule has 0 bridgehead atoms. The normalized spacial score (nSPS) is 14.5. The van der Waals surface area contributed by atoms with Gasteiger partial charge < -0.3 is 14.7 Å². The monoisotopic (exact) mass is 300 g/mol. The van der Waals surface area contributed by atoms with Gasteiger partial charge in [0.25, 0.3) is 0 Å². The molecule has 20 heavy (non-hydrogen) atoms. The van der Waals surface area contributed by atoms with E-state index in [0.717, 1.165) is 31.9 Å². The van der Waals surface area contributed by atoms with E-state index in [2.05, 4.69) is 26.6 Å². The maximum Gasteiger partial charge on any atom is 0.313 e. The number of methoxy groups -OCH3 is 1. The van der Waals surface area contributed by atoms with Crippen LogP contribution in [0.2, 0.25) is 0 Å². The maximum absolute atomic E-state index is 10.7. The molecule has 7 nitrogen and oxygen atoms in total. The van der Waals surface area contributed by atoms with Crippen LogP contribution in [0.25, 0.3) is 0 Å². The first-order valence-corrected chi connectivity index (χ1v) is 7.69. The van der Waals surface area contributed by atoms with Crippen LogP contribution in [0.5, 0.6) is 0 Å². The molecule has 0 atom stereocenters. The number of nitrogens with zero attached hydrogens (tertiary/aromatic N) is 4. The molecular formula is C12H20N4O3S. The van der Waals surface area contributed by atoms with Crippen LogP contribution >= 0.6 is 11.8 Å². The quantitative estimate of drug-likeness (QED) is 0.688. The highest BCUT2D eigenvalue weighted by Gasteiger charge is 2.31. The number of ether oxygens (including phenoxy) is 1. The zero-order valence-electron chi connectivity index (χ0n) is 11.8. The number of rotatable bonds is 9. The van der Waals surface area contributed by atoms with Crippen LogP contribution < -0.4 is 4.90 Å². The number of hydrogen-bond acceptors (Lipinski definition) is 6. The lowest BCUT2D eigenvalue weighted by atomic mass is 10.5. The van der Waals surface area contributed by atoms with Crippen LogP contribution in [0.15, 0.2) is 5.16 Å². The Bertz CT molecular complexity index is 462. The molecule has 1 heterocycles. The first-order valence-electron chi connectivity index (χ1n) is 6.70. The summed E-state index contributed by atoms with van der Waals surface area (Å²) in [6, 6.07) is 0.410. The molecule has 1 N–H and O–H groups in total. The molecule has 1 aliphatic rings. The van der Waals surface area contributed by atoms with Crippen molar-refractivity contribution in [1.29, 1.82) is 0 Å². The number of carboxylic acid groups (broad SMARTS) is 1. The Hall–Kier alpha value is -1.28. The third-order valence-corrected chi connectivity index (χ3v) is 4.04. The molecule has 0 aromatic carbocycles. The number of likely N-dealkylation sites (N-methyl/N-ethyl adjacent to an activating group) is 1. The Morgan fingerprint density at radius 3 is 2.85 bits per heavy atom. The van der Waals surface area contributed by atoms with Crippen LogP contribution in [0.3, 0.4) is 0 Å². The molecule has 1 aliphatic carbocycles. The van der Waals surface area contributed by atoms with Crippen molar-refractivity contribution in [1.82, 2.24) is 14.8 Å². The van der Waals surface area contributed by atoms with Crippen LogP contribution in [-0.2, 0) is 9.53 Å². The van der Waals surface area contributed by atoms with Gasteiger partial charge in [-0.3, -0.25) is 9.36 Å². The van der Waals surface area contributed by atoms with E-state index in [1.165, 1.54) is 11.8 Å². The third kappa shape index (κ3) is 3.63. The highest BCUT2D eigenvalue weighted by molar-refractivity contribution is 7.99. The Kier molecular flexibility index (Phi) is 5.24. The van der Waals surface area contributed by atoms with Crippen LogP contribution in [-0.4, -0.2) is 58.4 Å². The average molecular weight is 300 g/mol. The van der Waals surface area contributed by atoms with Gasteiger partial charge in [-0.1, -0.05) is 11.8 Å². The summed E-state index contributed by atoms with van der Waals surface area (Å²) in [5.74, 6) is -0.0109. The van der Waals surface area contributed by atoms with E-state index in [0.29, 0.717) is 17.8 Å². The van der Waals surface area contributed by atoms with Gasteiger partial charge in [-0.2, -0.15) is 0 Å². The number of carboxylic acids is 1. The van der Waals surface area contributed by atoms with E-state index >= 15 is 0 Å². The molecule has 0 spiro atoms. The first-order chi connectivity index (χ1) is 9.67. The van der Waals surface area contributed by atoms with Crippen molar-refractivity contribution < 1.29 is 14.6 Å². The molecule has 1 aromatic rings. The third-order valence-electron chi connectivity index (χ3n) is 3.11. The van der Waals surface area contributed by atoms with Crippen molar-refractivity contribution in [3.05, 3.63) is 0 Å². The standard InChI is InChI=1S/C12H20N4O3S/c1-3-15(6-7-19-2)11-13-14-12(20-8-10(17)18)16(11)9-4-5-9/h9H,3-8H2,1-2H3,(H,17,18). The summed E-state index contributed by atoms with van der Waals surface area (Å²) in [6.45, 7) is 4.26. The number of thioether (sulfide) groups is 1. The highest BCUT2D eigenvalue weighted by Crippen LogP contribution is 2.40. The Morgan fingerprint density at radius 1 is 1.55 bits per heavy atom. The molecule has 2 rings (SSSR count). The fraction of sp³-hybridized carbons (Fsp3) is 0.750. The number of hydrogen-bond donors (Lipinski definition) is 1. The van der Waals surface area contributed by atoms with Crippen molar-refractivity contribution in [2.45, 2.75) is 31.0 Å². The minimum atomic E-state index is -0.839. The second kappa shape index (κ2) is 6.94. The van der Waals surface area contributed by atoms with Gasteiger partial charge in [-0.15, -0.1) is 10.2 Å². The number of aromatic nitrogens is 3. The summed E-state index contributed by atoms with van der Waals surface area (Å²) in [7, 11) is 1.67. The Labute approximate surface area is 122 Å². The molecule has 0 saturated heterocycles. The summed E-state index contributed by atoms with van der Waals surface area (Å²) in [5.41, 5.74) is 0. The molecule has 0 radical (unpaired) electrons. The molecular weight excluding hydrogens is 280 g/mol. The van der Waals surface area contributed by atoms with E-state index in [1.54, 1.807) is 7.11 Å². The van der Waals surface area contributed by atoms with Gasteiger partial charge in [0.1, 0.15) is 0 Å². The summed E-state index contributed by atoms with van der Waals surface area (Å²) >= 11 is 1.23. The lowest BCUT2D eigenvalue weighted by molar-refractivity contribution is -0.133. The zero-order chi connectivity index (χ0) is 14.5. The van der Waals surface area contributed by atoms with Gasteiger partial charge in [0, 0.05) is 26.2 Å². The van der Waals surface area contributed by atoms with Crippen molar-refractivity contribution in [3.8, 4) is 0 Å².